The summed E-state index contributed by atoms with van der Waals surface area (Å²) in [7, 11) is -0.944. The number of thiazole rings is 1. The molecule has 2 aromatic carbocycles. The highest BCUT2D eigenvalue weighted by Crippen LogP contribution is 2.33. The number of rotatable bonds is 8. The van der Waals surface area contributed by atoms with E-state index in [0.29, 0.717) is 11.4 Å². The average Bonchev–Trinajstić information content (AvgIpc) is 3.05. The first-order chi connectivity index (χ1) is 15.0. The van der Waals surface area contributed by atoms with Crippen molar-refractivity contribution in [3.8, 4) is 11.5 Å². The molecule has 1 amide bonds. The molecule has 0 saturated heterocycles. The first-order valence-electron chi connectivity index (χ1n) is 9.69. The van der Waals surface area contributed by atoms with Gasteiger partial charge < -0.3 is 14.8 Å². The summed E-state index contributed by atoms with van der Waals surface area (Å²) in [6, 6.07) is 9.86. The number of methoxy groups -OCH3 is 2. The van der Waals surface area contributed by atoms with Crippen LogP contribution < -0.4 is 24.0 Å². The fourth-order valence-electron chi connectivity index (χ4n) is 3.31. The van der Waals surface area contributed by atoms with Gasteiger partial charge in [0.05, 0.1) is 36.4 Å². The summed E-state index contributed by atoms with van der Waals surface area (Å²) in [5.74, 6) is 0.158. The van der Waals surface area contributed by atoms with Gasteiger partial charge in [-0.25, -0.2) is 8.42 Å². The molecule has 0 unspecified atom stereocenters. The van der Waals surface area contributed by atoms with Crippen LogP contribution in [0.4, 0.5) is 11.4 Å². The number of hydrogen-bond donors (Lipinski definition) is 1. The SMILES string of the molecule is COc1ccc(OC)c(N(CC(=O)Nc2ccc3c(c2)sc(=O)n3C(C)C)S(C)(=O)=O)c1. The molecule has 9 nitrogen and oxygen atoms in total. The number of hydrogen-bond acceptors (Lipinski definition) is 7. The van der Waals surface area contributed by atoms with Crippen LogP contribution in [0.3, 0.4) is 0 Å². The van der Waals surface area contributed by atoms with E-state index in [1.165, 1.54) is 20.3 Å². The van der Waals surface area contributed by atoms with E-state index in [1.807, 2.05) is 13.8 Å². The van der Waals surface area contributed by atoms with Crippen molar-refractivity contribution in [2.24, 2.45) is 0 Å². The summed E-state index contributed by atoms with van der Waals surface area (Å²) in [6.45, 7) is 3.38. The van der Waals surface area contributed by atoms with E-state index >= 15 is 0 Å². The largest absolute Gasteiger partial charge is 0.497 e. The molecule has 0 fully saturated rings. The molecule has 172 valence electrons. The van der Waals surface area contributed by atoms with Crippen LogP contribution in [0.2, 0.25) is 0 Å². The smallest absolute Gasteiger partial charge is 0.308 e. The lowest BCUT2D eigenvalue weighted by Crippen LogP contribution is -2.37. The van der Waals surface area contributed by atoms with Gasteiger partial charge in [-0.2, -0.15) is 0 Å². The first-order valence-corrected chi connectivity index (χ1v) is 12.4. The van der Waals surface area contributed by atoms with Crippen molar-refractivity contribution >= 4 is 48.9 Å². The highest BCUT2D eigenvalue weighted by molar-refractivity contribution is 7.92. The Balaban J connectivity index is 1.89. The molecule has 1 heterocycles. The molecular formula is C21H25N3O6S2. The number of carbonyl (C=O) groups excluding carboxylic acids is 1. The van der Waals surface area contributed by atoms with E-state index < -0.39 is 22.5 Å². The Morgan fingerprint density at radius 3 is 2.47 bits per heavy atom. The van der Waals surface area contributed by atoms with Gasteiger partial charge in [0, 0.05) is 17.8 Å². The number of carbonyl (C=O) groups is 1. The number of sulfonamides is 1. The molecule has 0 atom stereocenters. The van der Waals surface area contributed by atoms with Crippen molar-refractivity contribution in [2.45, 2.75) is 19.9 Å². The number of nitrogens with one attached hydrogen (secondary N) is 1. The molecule has 0 aliphatic heterocycles. The highest BCUT2D eigenvalue weighted by atomic mass is 32.2. The van der Waals surface area contributed by atoms with Gasteiger partial charge in [0.15, 0.2) is 0 Å². The Hall–Kier alpha value is -3.05. The van der Waals surface area contributed by atoms with Crippen LogP contribution in [-0.2, 0) is 14.8 Å². The predicted molar refractivity (Wildman–Crippen MR) is 127 cm³/mol. The number of anilines is 2. The lowest BCUT2D eigenvalue weighted by molar-refractivity contribution is -0.114. The van der Waals surface area contributed by atoms with Crippen molar-refractivity contribution in [2.75, 3.05) is 36.6 Å². The maximum absolute atomic E-state index is 12.8. The van der Waals surface area contributed by atoms with Crippen LogP contribution in [0.5, 0.6) is 11.5 Å². The maximum atomic E-state index is 12.8. The Morgan fingerprint density at radius 1 is 1.16 bits per heavy atom. The highest BCUT2D eigenvalue weighted by Gasteiger charge is 2.25. The molecule has 0 aliphatic rings. The van der Waals surface area contributed by atoms with Gasteiger partial charge >= 0.3 is 4.87 Å². The molecule has 0 radical (unpaired) electrons. The average molecular weight is 480 g/mol. The summed E-state index contributed by atoms with van der Waals surface area (Å²) >= 11 is 1.09. The number of nitrogens with zero attached hydrogens (tertiary/aromatic N) is 2. The van der Waals surface area contributed by atoms with Gasteiger partial charge in [-0.1, -0.05) is 11.3 Å². The fourth-order valence-corrected chi connectivity index (χ4v) is 5.21. The van der Waals surface area contributed by atoms with E-state index in [4.69, 9.17) is 9.47 Å². The normalized spacial score (nSPS) is 11.6. The molecule has 0 bridgehead atoms. The zero-order chi connectivity index (χ0) is 23.6. The van der Waals surface area contributed by atoms with E-state index in [9.17, 15) is 18.0 Å². The van der Waals surface area contributed by atoms with Crippen molar-refractivity contribution in [3.63, 3.8) is 0 Å². The van der Waals surface area contributed by atoms with E-state index in [1.54, 1.807) is 34.9 Å². The Kier molecular flexibility index (Phi) is 6.79. The summed E-state index contributed by atoms with van der Waals surface area (Å²) < 4.78 is 38.8. The molecule has 0 spiro atoms. The van der Waals surface area contributed by atoms with Crippen LogP contribution in [0.15, 0.2) is 41.2 Å². The van der Waals surface area contributed by atoms with Gasteiger partial charge in [0.2, 0.25) is 15.9 Å². The second-order valence-electron chi connectivity index (χ2n) is 7.37. The van der Waals surface area contributed by atoms with Gasteiger partial charge in [-0.05, 0) is 44.2 Å². The number of aromatic nitrogens is 1. The zero-order valence-electron chi connectivity index (χ0n) is 18.4. The van der Waals surface area contributed by atoms with E-state index in [0.717, 1.165) is 32.1 Å². The third-order valence-electron chi connectivity index (χ3n) is 4.76. The van der Waals surface area contributed by atoms with Crippen LogP contribution in [0.1, 0.15) is 19.9 Å². The lowest BCUT2D eigenvalue weighted by atomic mass is 10.2. The van der Waals surface area contributed by atoms with Crippen molar-refractivity contribution in [1.29, 1.82) is 0 Å². The monoisotopic (exact) mass is 479 g/mol. The minimum Gasteiger partial charge on any atom is -0.497 e. The number of fused-ring (bicyclic) bond motifs is 1. The lowest BCUT2D eigenvalue weighted by Gasteiger charge is -2.24. The number of amides is 1. The second kappa shape index (κ2) is 9.21. The van der Waals surface area contributed by atoms with Gasteiger partial charge in [-0.15, -0.1) is 0 Å². The van der Waals surface area contributed by atoms with E-state index in [-0.39, 0.29) is 22.4 Å². The maximum Gasteiger partial charge on any atom is 0.308 e. The van der Waals surface area contributed by atoms with Gasteiger partial charge in [0.25, 0.3) is 0 Å². The number of benzene rings is 2. The van der Waals surface area contributed by atoms with Crippen LogP contribution in [-0.4, -0.2) is 45.9 Å². The molecule has 1 N–H and O–H groups in total. The Bertz CT molecular complexity index is 1310. The molecule has 1 aromatic heterocycles. The minimum absolute atomic E-state index is 0.0119. The number of ether oxygens (including phenoxy) is 2. The second-order valence-corrected chi connectivity index (χ2v) is 10.3. The topological polar surface area (TPSA) is 107 Å². The molecule has 0 saturated carbocycles. The molecule has 11 heteroatoms. The minimum atomic E-state index is -3.82. The molecule has 3 aromatic rings. The Labute approximate surface area is 190 Å². The quantitative estimate of drug-likeness (QED) is 0.532. The first kappa shape index (κ1) is 23.6. The van der Waals surface area contributed by atoms with Crippen molar-refractivity contribution in [1.82, 2.24) is 4.57 Å². The van der Waals surface area contributed by atoms with Gasteiger partial charge in [-0.3, -0.25) is 18.5 Å². The zero-order valence-corrected chi connectivity index (χ0v) is 20.0. The third kappa shape index (κ3) is 4.89. The van der Waals surface area contributed by atoms with Gasteiger partial charge in [0.1, 0.15) is 18.0 Å². The fraction of sp³-hybridized carbons (Fsp3) is 0.333. The van der Waals surface area contributed by atoms with Crippen molar-refractivity contribution < 1.29 is 22.7 Å². The van der Waals surface area contributed by atoms with Crippen LogP contribution in [0, 0.1) is 0 Å². The van der Waals surface area contributed by atoms with Crippen LogP contribution in [0.25, 0.3) is 10.2 Å². The molecule has 3 rings (SSSR count). The summed E-state index contributed by atoms with van der Waals surface area (Å²) in [5, 5.41) is 2.71. The predicted octanol–water partition coefficient (Wildman–Crippen LogP) is 3.07. The summed E-state index contributed by atoms with van der Waals surface area (Å²) in [5.41, 5.74) is 1.43. The standard InChI is InChI=1S/C21H25N3O6S2/c1-13(2)24-16-8-6-14(10-19(16)31-21(24)26)22-20(25)12-23(32(5,27)28)17-11-15(29-3)7-9-18(17)30-4/h6-11,13H,12H2,1-5H3,(H,22,25). The Morgan fingerprint density at radius 2 is 1.88 bits per heavy atom. The summed E-state index contributed by atoms with van der Waals surface area (Å²) in [6.07, 6.45) is 1.01. The van der Waals surface area contributed by atoms with Crippen LogP contribution >= 0.6 is 11.3 Å². The van der Waals surface area contributed by atoms with E-state index in [2.05, 4.69) is 5.32 Å². The van der Waals surface area contributed by atoms with Crippen molar-refractivity contribution in [3.05, 3.63) is 46.1 Å². The molecular weight excluding hydrogens is 454 g/mol. The molecule has 32 heavy (non-hydrogen) atoms. The summed E-state index contributed by atoms with van der Waals surface area (Å²) in [4.78, 5) is 24.9. The third-order valence-corrected chi connectivity index (χ3v) is 6.80. The molecule has 0 aliphatic carbocycles.